The molecule has 0 saturated carbocycles. The van der Waals surface area contributed by atoms with Crippen LogP contribution in [-0.4, -0.2) is 40.6 Å². The molecule has 0 spiro atoms. The van der Waals surface area contributed by atoms with Crippen molar-refractivity contribution in [1.82, 2.24) is 9.97 Å². The van der Waals surface area contributed by atoms with Gasteiger partial charge in [0.15, 0.2) is 0 Å². The Kier molecular flexibility index (Phi) is 6.17. The summed E-state index contributed by atoms with van der Waals surface area (Å²) in [6.07, 6.45) is 2.10. The summed E-state index contributed by atoms with van der Waals surface area (Å²) in [5, 5.41) is 6.28. The zero-order chi connectivity index (χ0) is 22.8. The second-order valence-corrected chi connectivity index (χ2v) is 8.63. The number of hydrogen-bond donors (Lipinski definition) is 3. The maximum absolute atomic E-state index is 12.3. The first-order valence-electron chi connectivity index (χ1n) is 10.2. The first-order chi connectivity index (χ1) is 14.5. The van der Waals surface area contributed by atoms with Gasteiger partial charge in [-0.3, -0.25) is 0 Å². The molecule has 166 valence electrons. The van der Waals surface area contributed by atoms with E-state index in [1.807, 2.05) is 33.8 Å². The van der Waals surface area contributed by atoms with Crippen LogP contribution in [0.2, 0.25) is 0 Å². The second kappa shape index (κ2) is 8.50. The highest BCUT2D eigenvalue weighted by Crippen LogP contribution is 2.37. The number of nitrogens with two attached hydrogens (primary N) is 1. The Morgan fingerprint density at radius 3 is 2.74 bits per heavy atom. The summed E-state index contributed by atoms with van der Waals surface area (Å²) in [5.41, 5.74) is 7.25. The summed E-state index contributed by atoms with van der Waals surface area (Å²) < 4.78 is 10.5. The Balaban J connectivity index is 1.85. The van der Waals surface area contributed by atoms with Crippen LogP contribution in [0.15, 0.2) is 24.4 Å². The molecule has 1 aromatic carbocycles. The number of nitrogens with one attached hydrogen (secondary N) is 2. The van der Waals surface area contributed by atoms with Gasteiger partial charge < -0.3 is 25.8 Å². The molecule has 0 amide bonds. The molecule has 0 atom stereocenters. The average molecular weight is 428 g/mol. The number of hydrogen-bond acceptors (Lipinski definition) is 9. The van der Waals surface area contributed by atoms with E-state index in [2.05, 4.69) is 20.6 Å². The minimum absolute atomic E-state index is 0.247. The average Bonchev–Trinajstić information content (AvgIpc) is 2.89. The molecule has 9 nitrogen and oxygen atoms in total. The van der Waals surface area contributed by atoms with Crippen LogP contribution in [0.1, 0.15) is 67.3 Å². The molecule has 4 N–H and O–H groups in total. The molecule has 2 heterocycles. The summed E-state index contributed by atoms with van der Waals surface area (Å²) in [5.74, 6) is -0.180. The number of cyclic esters (lactones) is 1. The molecule has 0 fully saturated rings. The van der Waals surface area contributed by atoms with Crippen molar-refractivity contribution in [2.45, 2.75) is 52.2 Å². The fourth-order valence-corrected chi connectivity index (χ4v) is 3.21. The van der Waals surface area contributed by atoms with Crippen LogP contribution in [0.5, 0.6) is 0 Å². The third-order valence-electron chi connectivity index (χ3n) is 4.84. The molecule has 9 heteroatoms. The summed E-state index contributed by atoms with van der Waals surface area (Å²) >= 11 is 0. The SMILES string of the molecule is CCOC(=O)c1cnc(Nc2ccc3c(c2)C(C)(C)OC3=O)nc1NCCC(C)(C)N. The van der Waals surface area contributed by atoms with Gasteiger partial charge in [0.1, 0.15) is 17.0 Å². The molecule has 0 aliphatic carbocycles. The smallest absolute Gasteiger partial charge is 0.343 e. The van der Waals surface area contributed by atoms with Gasteiger partial charge in [-0.1, -0.05) is 0 Å². The minimum atomic E-state index is -0.708. The van der Waals surface area contributed by atoms with Gasteiger partial charge in [0.05, 0.1) is 12.2 Å². The van der Waals surface area contributed by atoms with Crippen LogP contribution in [0, 0.1) is 0 Å². The van der Waals surface area contributed by atoms with Crippen LogP contribution >= 0.6 is 0 Å². The Bertz CT molecular complexity index is 998. The lowest BCUT2D eigenvalue weighted by molar-refractivity contribution is 0.00952. The van der Waals surface area contributed by atoms with Crippen molar-refractivity contribution >= 4 is 29.4 Å². The van der Waals surface area contributed by atoms with Gasteiger partial charge in [-0.15, -0.1) is 0 Å². The van der Waals surface area contributed by atoms with Crippen molar-refractivity contribution in [2.24, 2.45) is 5.73 Å². The minimum Gasteiger partial charge on any atom is -0.462 e. The van der Waals surface area contributed by atoms with E-state index in [1.165, 1.54) is 6.20 Å². The number of fused-ring (bicyclic) bond motifs is 1. The lowest BCUT2D eigenvalue weighted by Crippen LogP contribution is -2.34. The molecule has 2 aromatic rings. The van der Waals surface area contributed by atoms with E-state index < -0.39 is 11.6 Å². The van der Waals surface area contributed by atoms with Gasteiger partial charge in [-0.05, 0) is 59.2 Å². The van der Waals surface area contributed by atoms with Gasteiger partial charge >= 0.3 is 11.9 Å². The predicted octanol–water partition coefficient (Wildman–Crippen LogP) is 3.34. The molecule has 3 rings (SSSR count). The first-order valence-corrected chi connectivity index (χ1v) is 10.2. The number of nitrogens with zero attached hydrogens (tertiary/aromatic N) is 2. The topological polar surface area (TPSA) is 128 Å². The maximum Gasteiger partial charge on any atom is 0.343 e. The van der Waals surface area contributed by atoms with Gasteiger partial charge in [0, 0.05) is 29.5 Å². The van der Waals surface area contributed by atoms with Crippen LogP contribution < -0.4 is 16.4 Å². The van der Waals surface area contributed by atoms with Crippen molar-refractivity contribution in [1.29, 1.82) is 0 Å². The number of anilines is 3. The lowest BCUT2D eigenvalue weighted by atomic mass is 9.95. The number of rotatable bonds is 8. The van der Waals surface area contributed by atoms with Crippen molar-refractivity contribution in [2.75, 3.05) is 23.8 Å². The summed E-state index contributed by atoms with van der Waals surface area (Å²) in [6.45, 7) is 10.1. The van der Waals surface area contributed by atoms with E-state index in [0.29, 0.717) is 36.0 Å². The zero-order valence-electron chi connectivity index (χ0n) is 18.5. The normalized spacial score (nSPS) is 14.6. The highest BCUT2D eigenvalue weighted by Gasteiger charge is 2.37. The number of ether oxygens (including phenoxy) is 2. The molecular weight excluding hydrogens is 398 g/mol. The van der Waals surface area contributed by atoms with Gasteiger partial charge in [0.2, 0.25) is 5.95 Å². The van der Waals surface area contributed by atoms with E-state index >= 15 is 0 Å². The van der Waals surface area contributed by atoms with E-state index in [-0.39, 0.29) is 23.7 Å². The maximum atomic E-state index is 12.3. The largest absolute Gasteiger partial charge is 0.462 e. The number of benzene rings is 1. The summed E-state index contributed by atoms with van der Waals surface area (Å²) in [7, 11) is 0. The number of aromatic nitrogens is 2. The van der Waals surface area contributed by atoms with Crippen LogP contribution in [0.3, 0.4) is 0 Å². The van der Waals surface area contributed by atoms with E-state index in [4.69, 9.17) is 15.2 Å². The number of carbonyl (C=O) groups is 2. The molecule has 0 radical (unpaired) electrons. The van der Waals surface area contributed by atoms with Crippen molar-refractivity contribution in [3.8, 4) is 0 Å². The third-order valence-corrected chi connectivity index (χ3v) is 4.84. The fraction of sp³-hybridized carbons (Fsp3) is 0.455. The summed E-state index contributed by atoms with van der Waals surface area (Å²) in [4.78, 5) is 33.0. The third kappa shape index (κ3) is 5.29. The van der Waals surface area contributed by atoms with E-state index in [0.717, 1.165) is 5.56 Å². The Hall–Kier alpha value is -3.20. The Morgan fingerprint density at radius 2 is 2.06 bits per heavy atom. The van der Waals surface area contributed by atoms with Crippen LogP contribution in [0.4, 0.5) is 17.5 Å². The zero-order valence-corrected chi connectivity index (χ0v) is 18.5. The van der Waals surface area contributed by atoms with Crippen molar-refractivity contribution < 1.29 is 19.1 Å². The monoisotopic (exact) mass is 427 g/mol. The van der Waals surface area contributed by atoms with Gasteiger partial charge in [-0.2, -0.15) is 4.98 Å². The standard InChI is InChI=1S/C22H29N5O4/c1-6-30-18(28)15-12-25-20(27-17(15)24-10-9-21(2,3)23)26-13-7-8-14-16(11-13)22(4,5)31-19(14)29/h7-8,11-12H,6,9-10,23H2,1-5H3,(H2,24,25,26,27). The van der Waals surface area contributed by atoms with Crippen molar-refractivity contribution in [3.05, 3.63) is 41.1 Å². The second-order valence-electron chi connectivity index (χ2n) is 8.63. The molecule has 31 heavy (non-hydrogen) atoms. The lowest BCUT2D eigenvalue weighted by Gasteiger charge is -2.19. The quantitative estimate of drug-likeness (QED) is 0.543. The number of esters is 2. The predicted molar refractivity (Wildman–Crippen MR) is 118 cm³/mol. The molecular formula is C22H29N5O4. The highest BCUT2D eigenvalue weighted by atomic mass is 16.6. The molecule has 1 aliphatic rings. The van der Waals surface area contributed by atoms with E-state index in [9.17, 15) is 9.59 Å². The van der Waals surface area contributed by atoms with Crippen LogP contribution in [0.25, 0.3) is 0 Å². The first kappa shape index (κ1) is 22.5. The van der Waals surface area contributed by atoms with Crippen LogP contribution in [-0.2, 0) is 15.1 Å². The van der Waals surface area contributed by atoms with E-state index in [1.54, 1.807) is 19.1 Å². The highest BCUT2D eigenvalue weighted by molar-refractivity contribution is 5.96. The Labute approximate surface area is 181 Å². The number of carbonyl (C=O) groups excluding carboxylic acids is 2. The van der Waals surface area contributed by atoms with Gasteiger partial charge in [0.25, 0.3) is 0 Å². The molecule has 0 saturated heterocycles. The fourth-order valence-electron chi connectivity index (χ4n) is 3.21. The molecule has 1 aliphatic heterocycles. The molecule has 0 unspecified atom stereocenters. The summed E-state index contributed by atoms with van der Waals surface area (Å²) in [6, 6.07) is 5.31. The van der Waals surface area contributed by atoms with Gasteiger partial charge in [-0.25, -0.2) is 14.6 Å². The Morgan fingerprint density at radius 1 is 1.32 bits per heavy atom. The molecule has 1 aromatic heterocycles. The molecule has 0 bridgehead atoms. The van der Waals surface area contributed by atoms with Crippen molar-refractivity contribution in [3.63, 3.8) is 0 Å².